The number of aldehydes is 1. The van der Waals surface area contributed by atoms with Crippen molar-refractivity contribution in [3.8, 4) is 0 Å². The Hall–Kier alpha value is -1.53. The van der Waals surface area contributed by atoms with Gasteiger partial charge in [0.15, 0.2) is 17.3 Å². The van der Waals surface area contributed by atoms with Crippen molar-refractivity contribution in [2.24, 2.45) is 0 Å². The molecular weight excluding hydrogens is 1130 g/mol. The summed E-state index contributed by atoms with van der Waals surface area (Å²) in [6.07, 6.45) is 16.9. The van der Waals surface area contributed by atoms with E-state index in [1.807, 2.05) is 167 Å². The van der Waals surface area contributed by atoms with Crippen LogP contribution in [0, 0.1) is 0 Å². The third-order valence-electron chi connectivity index (χ3n) is 10.4. The molecule has 6 aliphatic rings. The van der Waals surface area contributed by atoms with Gasteiger partial charge in [-0.25, -0.2) is 0 Å². The molecule has 0 aromatic heterocycles. The van der Waals surface area contributed by atoms with Crippen molar-refractivity contribution in [1.82, 2.24) is 15.1 Å². The van der Waals surface area contributed by atoms with Crippen LogP contribution in [-0.4, -0.2) is 90.8 Å². The number of hydrogen-bond donors (Lipinski definition) is 2. The van der Waals surface area contributed by atoms with Crippen LogP contribution in [0.4, 0.5) is 0 Å². The van der Waals surface area contributed by atoms with Gasteiger partial charge in [0, 0.05) is 48.2 Å². The monoisotopic (exact) mass is 1250 g/mol. The van der Waals surface area contributed by atoms with Crippen molar-refractivity contribution in [2.45, 2.75) is 243 Å². The number of carbonyl (C=O) groups is 3. The van der Waals surface area contributed by atoms with E-state index >= 15 is 0 Å². The fourth-order valence-electron chi connectivity index (χ4n) is 6.63. The number of likely N-dealkylation sites (tertiary alicyclic amines) is 2. The minimum absolute atomic E-state index is 0. The average Bonchev–Trinajstić information content (AvgIpc) is 4.43. The molecule has 3 aliphatic heterocycles. The minimum atomic E-state index is 0. The first-order valence-corrected chi connectivity index (χ1v) is 31.2. The Kier molecular flexibility index (Phi) is 102. The summed E-state index contributed by atoms with van der Waals surface area (Å²) in [7, 11) is 0. The molecule has 2 N–H and O–H groups in total. The quantitative estimate of drug-likeness (QED) is 0.0769. The summed E-state index contributed by atoms with van der Waals surface area (Å²) in [5, 5.41) is 12.0. The predicted molar refractivity (Wildman–Crippen MR) is 346 cm³/mol. The standard InChI is InChI=1S/2C9H8O.C8H8O.2C7H15N.C5H11N.C2H4O.9C2H6.BI.2V/c2*1-6(10)7-2-3-8-5-9(8)4-7;9-5-6-1-2-7-4-8(7)3-6;2*1-2-8-6-4-3-5-7-8;1-2-4-6-5-3-1;1-2-3;10*1-2;;/h2*2-4H,5H2,1H3;1-3,9H,4-5H2;2*2-7H2,1H3;6H,1-5H2;2H,1H3;9*1-2H3;;;. The maximum Gasteiger partial charge on any atom is 0.169 e. The zero-order valence-corrected chi connectivity index (χ0v) is 59.0. The molecule has 76 heavy (non-hydrogen) atoms. The molecule has 9 rings (SSSR count). The maximum atomic E-state index is 10.8. The van der Waals surface area contributed by atoms with E-state index in [9.17, 15) is 9.59 Å². The summed E-state index contributed by atoms with van der Waals surface area (Å²) in [6, 6.07) is 18.0. The summed E-state index contributed by atoms with van der Waals surface area (Å²) in [6.45, 7) is 55.7. The summed E-state index contributed by atoms with van der Waals surface area (Å²) in [5.74, 6) is 0.324. The van der Waals surface area contributed by atoms with Gasteiger partial charge in [0.25, 0.3) is 0 Å². The van der Waals surface area contributed by atoms with Crippen molar-refractivity contribution >= 4 is 45.9 Å². The first-order chi connectivity index (χ1) is 36.2. The molecule has 11 heteroatoms. The van der Waals surface area contributed by atoms with Crippen LogP contribution in [0.3, 0.4) is 0 Å². The number of rotatable bonds is 5. The number of nitrogens with one attached hydrogen (secondary N) is 1. The van der Waals surface area contributed by atoms with Crippen molar-refractivity contribution in [2.75, 3.05) is 52.4 Å². The van der Waals surface area contributed by atoms with Gasteiger partial charge in [0.05, 0.1) is 6.61 Å². The first-order valence-electron chi connectivity index (χ1n) is 30.0. The van der Waals surface area contributed by atoms with Gasteiger partial charge in [0.2, 0.25) is 0 Å². The number of aliphatic hydroxyl groups is 1. The smallest absolute Gasteiger partial charge is 0.169 e. The van der Waals surface area contributed by atoms with Gasteiger partial charge in [0.1, 0.15) is 6.29 Å². The van der Waals surface area contributed by atoms with E-state index in [0.29, 0.717) is 0 Å². The van der Waals surface area contributed by atoms with Crippen LogP contribution in [0.1, 0.15) is 277 Å². The average molecular weight is 1250 g/mol. The van der Waals surface area contributed by atoms with Crippen LogP contribution in [0.2, 0.25) is 0 Å². The Bertz CT molecular complexity index is 1510. The van der Waals surface area contributed by atoms with E-state index in [-0.39, 0.29) is 55.3 Å². The van der Waals surface area contributed by atoms with Crippen LogP contribution in [0.25, 0.3) is 0 Å². The van der Waals surface area contributed by atoms with E-state index in [2.05, 4.69) is 46.8 Å². The Morgan fingerprint density at radius 3 is 0.934 bits per heavy atom. The van der Waals surface area contributed by atoms with Crippen LogP contribution < -0.4 is 5.32 Å². The zero-order valence-electron chi connectivity index (χ0n) is 54.0. The van der Waals surface area contributed by atoms with Crippen molar-refractivity contribution in [1.29, 1.82) is 0 Å². The second-order valence-corrected chi connectivity index (χ2v) is 14.9. The predicted octanol–water partition coefficient (Wildman–Crippen LogP) is 18.4. The molecule has 3 heterocycles. The van der Waals surface area contributed by atoms with Gasteiger partial charge in [-0.3, -0.25) is 9.59 Å². The fraction of sp³-hybridized carbons (Fsp3) is 0.677. The number of hydrogen-bond acceptors (Lipinski definition) is 7. The fourth-order valence-corrected chi connectivity index (χ4v) is 6.63. The Balaban J connectivity index is -0.0000000797. The summed E-state index contributed by atoms with van der Waals surface area (Å²) in [5.41, 5.74) is 15.5. The molecule has 3 fully saturated rings. The van der Waals surface area contributed by atoms with Gasteiger partial charge < -0.3 is 25.0 Å². The van der Waals surface area contributed by atoms with E-state index < -0.39 is 0 Å². The van der Waals surface area contributed by atoms with Crippen LogP contribution in [0.15, 0.2) is 54.6 Å². The van der Waals surface area contributed by atoms with Crippen LogP contribution in [0.5, 0.6) is 0 Å². The van der Waals surface area contributed by atoms with E-state index in [4.69, 9.17) is 9.90 Å². The molecule has 3 aliphatic carbocycles. The van der Waals surface area contributed by atoms with Crippen LogP contribution >= 0.6 is 22.4 Å². The summed E-state index contributed by atoms with van der Waals surface area (Å²) >= 11 is 1.65. The number of ketones is 2. The minimum Gasteiger partial charge on any atom is -0.392 e. The molecule has 3 aromatic rings. The molecule has 0 saturated carbocycles. The summed E-state index contributed by atoms with van der Waals surface area (Å²) < 4.78 is 0. The largest absolute Gasteiger partial charge is 0.392 e. The number of benzene rings is 3. The Labute approximate surface area is 513 Å². The third-order valence-corrected chi connectivity index (χ3v) is 10.4. The number of Topliss-reactive ketones (excluding diaryl/α,β-unsaturated/α-hetero) is 2. The van der Waals surface area contributed by atoms with Gasteiger partial charge in [-0.15, -0.1) is 0 Å². The van der Waals surface area contributed by atoms with Crippen molar-refractivity contribution < 1.29 is 56.6 Å². The first kappa shape index (κ1) is 96.7. The van der Waals surface area contributed by atoms with Gasteiger partial charge in [-0.05, 0) is 182 Å². The molecule has 7 nitrogen and oxygen atoms in total. The zero-order chi connectivity index (χ0) is 59.1. The van der Waals surface area contributed by atoms with Gasteiger partial charge >= 0.3 is 0 Å². The number of carbonyl (C=O) groups excluding carboxylic acids is 3. The van der Waals surface area contributed by atoms with Gasteiger partial charge in [-0.2, -0.15) is 22.4 Å². The molecule has 442 valence electrons. The third kappa shape index (κ3) is 58.6. The molecular formula is C65H123BIN3O4V2. The SMILES string of the molecule is C1CCNCC1.CC.CC.CC.CC.CC.CC.CC.CC.CC.CC(=O)c1ccc2c(c1)C2.CC(=O)c1ccc2c(c1)C2.CC=O.CCN1CCCCC1.CCN1CCCCC1.OCc1ccc2c(c1)C2.[B]I.[V].[V]. The van der Waals surface area contributed by atoms with Gasteiger partial charge in [-0.1, -0.05) is 200 Å². The number of fused-ring (bicyclic) bond motifs is 3. The molecule has 3 saturated heterocycles. The van der Waals surface area contributed by atoms with E-state index in [1.165, 1.54) is 150 Å². The number of piperidine rings is 3. The molecule has 0 atom stereocenters. The Morgan fingerprint density at radius 2 is 0.750 bits per heavy atom. The maximum absolute atomic E-state index is 10.8. The molecule has 0 bridgehead atoms. The number of halogens is 1. The number of nitrogens with zero attached hydrogens (tertiary/aromatic N) is 2. The summed E-state index contributed by atoms with van der Waals surface area (Å²) in [4.78, 5) is 35.5. The topological polar surface area (TPSA) is 90.0 Å². The molecule has 4 radical (unpaired) electrons. The molecule has 0 unspecified atom stereocenters. The van der Waals surface area contributed by atoms with Crippen molar-refractivity contribution in [3.05, 3.63) is 105 Å². The molecule has 0 spiro atoms. The second-order valence-electron chi connectivity index (χ2n) is 14.9. The van der Waals surface area contributed by atoms with E-state index in [1.54, 1.807) is 36.2 Å². The molecule has 3 aromatic carbocycles. The second kappa shape index (κ2) is 80.0. The normalized spacial score (nSPS) is 12.6. The van der Waals surface area contributed by atoms with E-state index in [0.717, 1.165) is 42.2 Å². The number of aliphatic hydroxyl groups excluding tert-OH is 1. The van der Waals surface area contributed by atoms with Crippen molar-refractivity contribution in [3.63, 3.8) is 0 Å². The molecule has 0 amide bonds. The van der Waals surface area contributed by atoms with Crippen LogP contribution in [-0.2, 0) is 67.8 Å². The Morgan fingerprint density at radius 1 is 0.487 bits per heavy atom.